The quantitative estimate of drug-likeness (QED) is 0.228. The number of hydrogen-bond acceptors (Lipinski definition) is 3. The van der Waals surface area contributed by atoms with Crippen molar-refractivity contribution >= 4 is 29.2 Å². The van der Waals surface area contributed by atoms with E-state index in [1.165, 1.54) is 0 Å². The lowest BCUT2D eigenvalue weighted by Crippen LogP contribution is -2.51. The second kappa shape index (κ2) is 13.2. The maximum Gasteiger partial charge on any atom is 0.321 e. The Bertz CT molecular complexity index is 1620. The molecule has 3 amide bonds. The van der Waals surface area contributed by atoms with Gasteiger partial charge in [-0.05, 0) is 77.9 Å². The molecule has 0 unspecified atom stereocenters. The predicted octanol–water partition coefficient (Wildman–Crippen LogP) is 8.35. The van der Waals surface area contributed by atoms with Crippen molar-refractivity contribution in [3.8, 4) is 22.7 Å². The summed E-state index contributed by atoms with van der Waals surface area (Å²) in [5, 5.41) is 3.81. The van der Waals surface area contributed by atoms with E-state index in [0.29, 0.717) is 36.8 Å². The van der Waals surface area contributed by atoms with E-state index in [4.69, 9.17) is 16.3 Å². The Morgan fingerprint density at radius 2 is 1.41 bits per heavy atom. The molecule has 3 aromatic carbocycles. The number of halogens is 1. The minimum absolute atomic E-state index is 0.0598. The van der Waals surface area contributed by atoms with Crippen LogP contribution in [0.2, 0.25) is 5.02 Å². The highest BCUT2D eigenvalue weighted by molar-refractivity contribution is 6.32. The number of anilines is 1. The van der Waals surface area contributed by atoms with Gasteiger partial charge in [-0.15, -0.1) is 0 Å². The number of methoxy groups -OCH3 is 1. The highest BCUT2D eigenvalue weighted by Crippen LogP contribution is 2.35. The van der Waals surface area contributed by atoms with E-state index in [2.05, 4.69) is 51.2 Å². The summed E-state index contributed by atoms with van der Waals surface area (Å²) in [6.45, 7) is 12.3. The Morgan fingerprint density at radius 3 is 1.98 bits per heavy atom. The van der Waals surface area contributed by atoms with Crippen LogP contribution in [-0.4, -0.2) is 59.6 Å². The largest absolute Gasteiger partial charge is 0.497 e. The average molecular weight is 613 g/mol. The molecule has 1 N–H and O–H groups in total. The molecule has 44 heavy (non-hydrogen) atoms. The molecule has 1 aliphatic rings. The van der Waals surface area contributed by atoms with Crippen LogP contribution in [0, 0.1) is 6.92 Å². The Hall–Kier alpha value is -4.23. The molecule has 0 aliphatic carbocycles. The molecule has 1 saturated heterocycles. The highest BCUT2D eigenvalue weighted by atomic mass is 35.5. The summed E-state index contributed by atoms with van der Waals surface area (Å²) in [5.41, 5.74) is 7.20. The molecule has 8 heteroatoms. The molecule has 0 saturated carbocycles. The standard InChI is InChI=1S/C36H41ClN4O3/c1-23(2)28-10-9-11-29(24(3)4)34(28)38-36(43)40-20-18-39(19-21-40)35(42)30-22-33(26-14-16-27(44-6)17-15-26)41(25(30)5)32-13-8-7-12-31(32)37/h7-17,22-24H,18-21H2,1-6H3,(H,38,43). The van der Waals surface area contributed by atoms with Crippen LogP contribution in [0.3, 0.4) is 0 Å². The lowest BCUT2D eigenvalue weighted by atomic mass is 9.93. The number of piperazine rings is 1. The number of hydrogen-bond donors (Lipinski definition) is 1. The van der Waals surface area contributed by atoms with Crippen LogP contribution < -0.4 is 10.1 Å². The number of para-hydroxylation sites is 2. The minimum Gasteiger partial charge on any atom is -0.497 e. The van der Waals surface area contributed by atoms with E-state index < -0.39 is 0 Å². The third-order valence-electron chi connectivity index (χ3n) is 8.42. The van der Waals surface area contributed by atoms with E-state index in [0.717, 1.165) is 45.2 Å². The first kappa shape index (κ1) is 31.2. The fourth-order valence-electron chi connectivity index (χ4n) is 5.91. The molecule has 0 radical (unpaired) electrons. The smallest absolute Gasteiger partial charge is 0.321 e. The molecule has 1 aliphatic heterocycles. The van der Waals surface area contributed by atoms with E-state index in [9.17, 15) is 9.59 Å². The van der Waals surface area contributed by atoms with Crippen LogP contribution in [0.1, 0.15) is 66.7 Å². The fourth-order valence-corrected chi connectivity index (χ4v) is 6.13. The van der Waals surface area contributed by atoms with E-state index in [-0.39, 0.29) is 23.8 Å². The summed E-state index contributed by atoms with van der Waals surface area (Å²) < 4.78 is 7.40. The Balaban J connectivity index is 1.37. The molecule has 5 rings (SSSR count). The summed E-state index contributed by atoms with van der Waals surface area (Å²) >= 11 is 6.65. The molecular weight excluding hydrogens is 572 g/mol. The van der Waals surface area contributed by atoms with Gasteiger partial charge in [0.2, 0.25) is 0 Å². The summed E-state index contributed by atoms with van der Waals surface area (Å²) in [4.78, 5) is 31.1. The summed E-state index contributed by atoms with van der Waals surface area (Å²) in [5.74, 6) is 1.26. The molecule has 1 aromatic heterocycles. The van der Waals surface area contributed by atoms with Gasteiger partial charge in [-0.2, -0.15) is 0 Å². The van der Waals surface area contributed by atoms with Crippen molar-refractivity contribution in [2.24, 2.45) is 0 Å². The van der Waals surface area contributed by atoms with Gasteiger partial charge < -0.3 is 24.4 Å². The van der Waals surface area contributed by atoms with Crippen molar-refractivity contribution in [3.05, 3.63) is 100 Å². The summed E-state index contributed by atoms with van der Waals surface area (Å²) in [6.07, 6.45) is 0. The molecule has 2 heterocycles. The first-order chi connectivity index (χ1) is 21.1. The second-order valence-electron chi connectivity index (χ2n) is 11.9. The third-order valence-corrected chi connectivity index (χ3v) is 8.74. The number of amides is 3. The van der Waals surface area contributed by atoms with Crippen LogP contribution >= 0.6 is 11.6 Å². The molecule has 7 nitrogen and oxygen atoms in total. The molecule has 0 bridgehead atoms. The van der Waals surface area contributed by atoms with Gasteiger partial charge in [-0.3, -0.25) is 4.79 Å². The number of nitrogens with zero attached hydrogens (tertiary/aromatic N) is 3. The molecular formula is C36H41ClN4O3. The van der Waals surface area contributed by atoms with Gasteiger partial charge in [0.05, 0.1) is 29.1 Å². The third kappa shape index (κ3) is 6.20. The van der Waals surface area contributed by atoms with Gasteiger partial charge >= 0.3 is 6.03 Å². The monoisotopic (exact) mass is 612 g/mol. The highest BCUT2D eigenvalue weighted by Gasteiger charge is 2.29. The first-order valence-corrected chi connectivity index (χ1v) is 15.6. The van der Waals surface area contributed by atoms with Crippen LogP contribution in [0.25, 0.3) is 16.9 Å². The van der Waals surface area contributed by atoms with Gasteiger partial charge in [0.25, 0.3) is 5.91 Å². The van der Waals surface area contributed by atoms with Crippen molar-refractivity contribution in [2.75, 3.05) is 38.6 Å². The van der Waals surface area contributed by atoms with Crippen LogP contribution in [0.5, 0.6) is 5.75 Å². The van der Waals surface area contributed by atoms with Crippen molar-refractivity contribution in [3.63, 3.8) is 0 Å². The molecule has 0 atom stereocenters. The van der Waals surface area contributed by atoms with Gasteiger partial charge in [0, 0.05) is 37.6 Å². The molecule has 230 valence electrons. The van der Waals surface area contributed by atoms with Crippen molar-refractivity contribution in [1.29, 1.82) is 0 Å². The Kier molecular flexibility index (Phi) is 9.35. The van der Waals surface area contributed by atoms with Crippen LogP contribution in [-0.2, 0) is 0 Å². The van der Waals surface area contributed by atoms with Gasteiger partial charge in [-0.1, -0.05) is 69.6 Å². The number of aromatic nitrogens is 1. The fraction of sp³-hybridized carbons (Fsp3) is 0.333. The number of rotatable bonds is 7. The molecule has 1 fully saturated rings. The zero-order valence-corrected chi connectivity index (χ0v) is 27.1. The van der Waals surface area contributed by atoms with Gasteiger partial charge in [0.1, 0.15) is 5.75 Å². The zero-order chi connectivity index (χ0) is 31.5. The second-order valence-corrected chi connectivity index (χ2v) is 12.3. The van der Waals surface area contributed by atoms with E-state index in [1.807, 2.05) is 71.0 Å². The minimum atomic E-state index is -0.130. The SMILES string of the molecule is COc1ccc(-c2cc(C(=O)N3CCN(C(=O)Nc4c(C(C)C)cccc4C(C)C)CC3)c(C)n2-c2ccccc2Cl)cc1. The normalized spacial score (nSPS) is 13.5. The van der Waals surface area contributed by atoms with Gasteiger partial charge in [0.15, 0.2) is 0 Å². The lowest BCUT2D eigenvalue weighted by Gasteiger charge is -2.35. The number of carbonyl (C=O) groups is 2. The topological polar surface area (TPSA) is 66.8 Å². The van der Waals surface area contributed by atoms with E-state index in [1.54, 1.807) is 12.0 Å². The predicted molar refractivity (Wildman–Crippen MR) is 179 cm³/mol. The Labute approximate surface area is 265 Å². The Morgan fingerprint density at radius 1 is 0.818 bits per heavy atom. The number of ether oxygens (including phenoxy) is 1. The van der Waals surface area contributed by atoms with Crippen LogP contribution in [0.4, 0.5) is 10.5 Å². The average Bonchev–Trinajstić information content (AvgIpc) is 3.37. The zero-order valence-electron chi connectivity index (χ0n) is 26.4. The maximum absolute atomic E-state index is 14.0. The number of carbonyl (C=O) groups excluding carboxylic acids is 2. The number of urea groups is 1. The summed E-state index contributed by atoms with van der Waals surface area (Å²) in [7, 11) is 1.64. The van der Waals surface area contributed by atoms with Gasteiger partial charge in [-0.25, -0.2) is 4.79 Å². The molecule has 4 aromatic rings. The lowest BCUT2D eigenvalue weighted by molar-refractivity contribution is 0.0671. The van der Waals surface area contributed by atoms with Crippen molar-refractivity contribution in [1.82, 2.24) is 14.4 Å². The summed E-state index contributed by atoms with van der Waals surface area (Å²) in [6, 6.07) is 23.5. The van der Waals surface area contributed by atoms with Crippen molar-refractivity contribution in [2.45, 2.75) is 46.5 Å². The van der Waals surface area contributed by atoms with Crippen LogP contribution in [0.15, 0.2) is 72.8 Å². The first-order valence-electron chi connectivity index (χ1n) is 15.2. The molecule has 0 spiro atoms. The van der Waals surface area contributed by atoms with Crippen molar-refractivity contribution < 1.29 is 14.3 Å². The maximum atomic E-state index is 14.0. The number of nitrogens with one attached hydrogen (secondary N) is 1. The number of benzene rings is 3. The van der Waals surface area contributed by atoms with E-state index >= 15 is 0 Å².